The lowest BCUT2D eigenvalue weighted by Gasteiger charge is -2.55. The Labute approximate surface area is 123 Å². The first-order chi connectivity index (χ1) is 9.63. The molecular weight excluding hydrogens is 270 g/mol. The zero-order valence-corrected chi connectivity index (χ0v) is 12.7. The number of hydrogen-bond donors (Lipinski definition) is 1. The van der Waals surface area contributed by atoms with Crippen LogP contribution in [0.3, 0.4) is 0 Å². The van der Waals surface area contributed by atoms with Gasteiger partial charge in [-0.2, -0.15) is 0 Å². The third kappa shape index (κ3) is 2.07. The van der Waals surface area contributed by atoms with Gasteiger partial charge in [-0.1, -0.05) is 11.3 Å². The molecule has 1 amide bonds. The first-order valence-electron chi connectivity index (χ1n) is 7.70. The molecule has 0 aliphatic heterocycles. The molecular formula is C15H21N3OS. The molecule has 108 valence electrons. The lowest BCUT2D eigenvalue weighted by atomic mass is 9.49. The topological polar surface area (TPSA) is 54.9 Å². The minimum atomic E-state index is -0.0471. The fraction of sp³-hybridized carbons (Fsp3) is 0.800. The van der Waals surface area contributed by atoms with Crippen molar-refractivity contribution in [1.82, 2.24) is 15.5 Å². The standard InChI is InChI=1S/C15H21N3OS/c1-9-17-18-13(20-9)8-16-14(19)15-5-10-2-11(6-15)4-12(3-10)7-15/h10-12H,2-8H2,1H3,(H,16,19). The van der Waals surface area contributed by atoms with E-state index in [1.54, 1.807) is 11.3 Å². The Bertz CT molecular complexity index is 504. The maximum Gasteiger partial charge on any atom is 0.226 e. The second-order valence-corrected chi connectivity index (χ2v) is 8.36. The number of hydrogen-bond acceptors (Lipinski definition) is 4. The molecule has 4 aliphatic carbocycles. The van der Waals surface area contributed by atoms with Gasteiger partial charge >= 0.3 is 0 Å². The third-order valence-electron chi connectivity index (χ3n) is 5.49. The number of nitrogens with one attached hydrogen (secondary N) is 1. The van der Waals surface area contributed by atoms with Crippen molar-refractivity contribution in [3.63, 3.8) is 0 Å². The Morgan fingerprint density at radius 1 is 1.20 bits per heavy atom. The molecule has 1 heterocycles. The summed E-state index contributed by atoms with van der Waals surface area (Å²) in [5, 5.41) is 13.1. The van der Waals surface area contributed by atoms with Crippen LogP contribution in [0.25, 0.3) is 0 Å². The lowest BCUT2D eigenvalue weighted by Crippen LogP contribution is -2.53. The van der Waals surface area contributed by atoms with Crippen LogP contribution in [0.1, 0.15) is 48.5 Å². The largest absolute Gasteiger partial charge is 0.349 e. The SMILES string of the molecule is Cc1nnc(CNC(=O)C23CC4CC(CC(C4)C2)C3)s1. The van der Waals surface area contributed by atoms with E-state index >= 15 is 0 Å². The third-order valence-corrected chi connectivity index (χ3v) is 6.33. The number of amides is 1. The number of aryl methyl sites for hydroxylation is 1. The van der Waals surface area contributed by atoms with E-state index in [9.17, 15) is 4.79 Å². The number of carbonyl (C=O) groups is 1. The van der Waals surface area contributed by atoms with E-state index < -0.39 is 0 Å². The molecule has 0 unspecified atom stereocenters. The highest BCUT2D eigenvalue weighted by atomic mass is 32.1. The van der Waals surface area contributed by atoms with Crippen LogP contribution >= 0.6 is 11.3 Å². The van der Waals surface area contributed by atoms with Gasteiger partial charge in [0.1, 0.15) is 10.0 Å². The van der Waals surface area contributed by atoms with Crippen molar-refractivity contribution in [1.29, 1.82) is 0 Å². The summed E-state index contributed by atoms with van der Waals surface area (Å²) in [6, 6.07) is 0. The summed E-state index contributed by atoms with van der Waals surface area (Å²) in [5.74, 6) is 2.73. The van der Waals surface area contributed by atoms with Crippen molar-refractivity contribution in [3.8, 4) is 0 Å². The summed E-state index contributed by atoms with van der Waals surface area (Å²) in [6.07, 6.45) is 7.51. The number of carbonyl (C=O) groups excluding carboxylic acids is 1. The monoisotopic (exact) mass is 291 g/mol. The summed E-state index contributed by atoms with van der Waals surface area (Å²) in [6.45, 7) is 2.49. The van der Waals surface area contributed by atoms with E-state index in [4.69, 9.17) is 0 Å². The normalized spacial score (nSPS) is 38.1. The Morgan fingerprint density at radius 3 is 2.30 bits per heavy atom. The molecule has 4 saturated carbocycles. The molecule has 1 aromatic heterocycles. The highest BCUT2D eigenvalue weighted by molar-refractivity contribution is 7.11. The second kappa shape index (κ2) is 4.52. The molecule has 4 fully saturated rings. The van der Waals surface area contributed by atoms with Crippen molar-refractivity contribution in [2.45, 2.75) is 52.0 Å². The van der Waals surface area contributed by atoms with Crippen molar-refractivity contribution >= 4 is 17.2 Å². The van der Waals surface area contributed by atoms with Crippen LogP contribution in [0.4, 0.5) is 0 Å². The summed E-state index contributed by atoms with van der Waals surface area (Å²) in [7, 11) is 0. The van der Waals surface area contributed by atoms with Crippen LogP contribution in [-0.2, 0) is 11.3 Å². The minimum absolute atomic E-state index is 0.0471. The van der Waals surface area contributed by atoms with Gasteiger partial charge in [0.2, 0.25) is 5.91 Å². The van der Waals surface area contributed by atoms with Gasteiger partial charge in [-0.25, -0.2) is 0 Å². The molecule has 5 rings (SSSR count). The zero-order chi connectivity index (χ0) is 13.7. The number of nitrogens with zero attached hydrogens (tertiary/aromatic N) is 2. The molecule has 0 aromatic carbocycles. The van der Waals surface area contributed by atoms with Gasteiger partial charge in [0, 0.05) is 5.41 Å². The molecule has 4 bridgehead atoms. The van der Waals surface area contributed by atoms with Crippen molar-refractivity contribution in [3.05, 3.63) is 10.0 Å². The predicted octanol–water partition coefficient (Wildman–Crippen LogP) is 2.68. The van der Waals surface area contributed by atoms with E-state index in [0.717, 1.165) is 47.0 Å². The predicted molar refractivity (Wildman–Crippen MR) is 77.1 cm³/mol. The Balaban J connectivity index is 1.45. The minimum Gasteiger partial charge on any atom is -0.349 e. The highest BCUT2D eigenvalue weighted by Crippen LogP contribution is 2.60. The Kier molecular flexibility index (Phi) is 2.88. The van der Waals surface area contributed by atoms with Crippen molar-refractivity contribution in [2.75, 3.05) is 0 Å². The van der Waals surface area contributed by atoms with Crippen molar-refractivity contribution in [2.24, 2.45) is 23.2 Å². The van der Waals surface area contributed by atoms with Crippen LogP contribution in [0.15, 0.2) is 0 Å². The molecule has 1 aromatic rings. The summed E-state index contributed by atoms with van der Waals surface area (Å²) < 4.78 is 0. The van der Waals surface area contributed by atoms with Gasteiger partial charge in [-0.05, 0) is 63.2 Å². The Morgan fingerprint density at radius 2 is 1.80 bits per heavy atom. The summed E-state index contributed by atoms with van der Waals surface area (Å²) in [5.41, 5.74) is -0.0471. The maximum atomic E-state index is 12.7. The number of rotatable bonds is 3. The van der Waals surface area contributed by atoms with Crippen LogP contribution in [0, 0.1) is 30.1 Å². The average molecular weight is 291 g/mol. The van der Waals surface area contributed by atoms with Crippen LogP contribution in [0.2, 0.25) is 0 Å². The number of aromatic nitrogens is 2. The van der Waals surface area contributed by atoms with Gasteiger partial charge in [0.05, 0.1) is 6.54 Å². The lowest BCUT2D eigenvalue weighted by molar-refractivity contribution is -0.146. The molecule has 4 nitrogen and oxygen atoms in total. The molecule has 0 saturated heterocycles. The molecule has 5 heteroatoms. The van der Waals surface area contributed by atoms with Crippen LogP contribution in [-0.4, -0.2) is 16.1 Å². The van der Waals surface area contributed by atoms with Crippen LogP contribution < -0.4 is 5.32 Å². The average Bonchev–Trinajstić information content (AvgIpc) is 2.80. The zero-order valence-electron chi connectivity index (χ0n) is 11.9. The maximum absolute atomic E-state index is 12.7. The van der Waals surface area contributed by atoms with Crippen LogP contribution in [0.5, 0.6) is 0 Å². The van der Waals surface area contributed by atoms with Gasteiger partial charge in [0.15, 0.2) is 0 Å². The van der Waals surface area contributed by atoms with Gasteiger partial charge < -0.3 is 5.32 Å². The van der Waals surface area contributed by atoms with E-state index in [1.165, 1.54) is 19.3 Å². The molecule has 0 atom stereocenters. The van der Waals surface area contributed by atoms with Crippen molar-refractivity contribution < 1.29 is 4.79 Å². The molecule has 20 heavy (non-hydrogen) atoms. The highest BCUT2D eigenvalue weighted by Gasteiger charge is 2.54. The fourth-order valence-corrected chi connectivity index (χ4v) is 5.79. The second-order valence-electron chi connectivity index (χ2n) is 7.10. The van der Waals surface area contributed by atoms with E-state index in [-0.39, 0.29) is 11.3 Å². The smallest absolute Gasteiger partial charge is 0.226 e. The summed E-state index contributed by atoms with van der Waals surface area (Å²) in [4.78, 5) is 12.7. The molecule has 0 radical (unpaired) electrons. The van der Waals surface area contributed by atoms with Gasteiger partial charge in [-0.15, -0.1) is 10.2 Å². The molecule has 1 N–H and O–H groups in total. The first-order valence-corrected chi connectivity index (χ1v) is 8.52. The Hall–Kier alpha value is -0.970. The first kappa shape index (κ1) is 12.7. The summed E-state index contributed by atoms with van der Waals surface area (Å²) >= 11 is 1.57. The van der Waals surface area contributed by atoms with E-state index in [2.05, 4.69) is 15.5 Å². The molecule has 0 spiro atoms. The molecule has 4 aliphatic rings. The van der Waals surface area contributed by atoms with E-state index in [0.29, 0.717) is 6.54 Å². The van der Waals surface area contributed by atoms with E-state index in [1.807, 2.05) is 6.92 Å². The van der Waals surface area contributed by atoms with Gasteiger partial charge in [0.25, 0.3) is 0 Å². The quantitative estimate of drug-likeness (QED) is 0.931. The fourth-order valence-electron chi connectivity index (χ4n) is 5.14. The van der Waals surface area contributed by atoms with Gasteiger partial charge in [-0.3, -0.25) is 4.79 Å².